The van der Waals surface area contributed by atoms with Gasteiger partial charge in [0, 0.05) is 12.6 Å². The van der Waals surface area contributed by atoms with Crippen molar-refractivity contribution in [2.45, 2.75) is 64.8 Å². The Morgan fingerprint density at radius 3 is 2.50 bits per heavy atom. The zero-order chi connectivity index (χ0) is 12.8. The quantitative estimate of drug-likeness (QED) is 0.755. The van der Waals surface area contributed by atoms with E-state index in [0.717, 1.165) is 17.9 Å². The van der Waals surface area contributed by atoms with E-state index in [2.05, 4.69) is 24.1 Å². The first-order valence-electron chi connectivity index (χ1n) is 8.21. The average Bonchev–Trinajstić information content (AvgIpc) is 2.40. The number of hydrogen-bond acceptors (Lipinski definition) is 2. The van der Waals surface area contributed by atoms with Gasteiger partial charge in [0.2, 0.25) is 0 Å². The summed E-state index contributed by atoms with van der Waals surface area (Å²) in [6.07, 6.45) is 9.91. The molecule has 0 amide bonds. The molecule has 18 heavy (non-hydrogen) atoms. The minimum absolute atomic E-state index is 0.832. The zero-order valence-electron chi connectivity index (χ0n) is 12.5. The van der Waals surface area contributed by atoms with Crippen LogP contribution in [0.3, 0.4) is 0 Å². The van der Waals surface area contributed by atoms with Crippen LogP contribution >= 0.6 is 0 Å². The maximum absolute atomic E-state index is 3.75. The van der Waals surface area contributed by atoms with E-state index in [9.17, 15) is 0 Å². The van der Waals surface area contributed by atoms with Crippen LogP contribution in [0.4, 0.5) is 0 Å². The third-order valence-electron chi connectivity index (χ3n) is 5.11. The van der Waals surface area contributed by atoms with E-state index in [4.69, 9.17) is 0 Å². The van der Waals surface area contributed by atoms with Gasteiger partial charge < -0.3 is 10.2 Å². The van der Waals surface area contributed by atoms with Crippen LogP contribution in [0.25, 0.3) is 0 Å². The summed E-state index contributed by atoms with van der Waals surface area (Å²) in [5.74, 6) is 1.83. The van der Waals surface area contributed by atoms with E-state index in [1.165, 1.54) is 71.1 Å². The molecule has 106 valence electrons. The molecule has 0 radical (unpaired) electrons. The van der Waals surface area contributed by atoms with E-state index in [-0.39, 0.29) is 0 Å². The molecule has 1 saturated carbocycles. The fourth-order valence-electron chi connectivity index (χ4n) is 3.47. The molecule has 2 nitrogen and oxygen atoms in total. The summed E-state index contributed by atoms with van der Waals surface area (Å²) in [5.41, 5.74) is 0. The predicted molar refractivity (Wildman–Crippen MR) is 78.9 cm³/mol. The van der Waals surface area contributed by atoms with Crippen LogP contribution in [0.1, 0.15) is 58.8 Å². The van der Waals surface area contributed by atoms with Gasteiger partial charge in [-0.1, -0.05) is 33.1 Å². The number of likely N-dealkylation sites (tertiary alicyclic amines) is 1. The Labute approximate surface area is 114 Å². The highest BCUT2D eigenvalue weighted by atomic mass is 15.1. The van der Waals surface area contributed by atoms with E-state index < -0.39 is 0 Å². The molecule has 2 aliphatic rings. The minimum Gasteiger partial charge on any atom is -0.314 e. The summed E-state index contributed by atoms with van der Waals surface area (Å²) >= 11 is 0. The number of rotatable bonds is 5. The van der Waals surface area contributed by atoms with Crippen LogP contribution in [0.15, 0.2) is 0 Å². The van der Waals surface area contributed by atoms with Gasteiger partial charge in [0.25, 0.3) is 0 Å². The van der Waals surface area contributed by atoms with Crippen LogP contribution in [0.2, 0.25) is 0 Å². The molecule has 0 aromatic carbocycles. The lowest BCUT2D eigenvalue weighted by atomic mass is 9.88. The van der Waals surface area contributed by atoms with Crippen molar-refractivity contribution in [1.29, 1.82) is 0 Å². The predicted octanol–water partition coefficient (Wildman–Crippen LogP) is 3.28. The van der Waals surface area contributed by atoms with Crippen LogP contribution in [-0.4, -0.2) is 37.1 Å². The van der Waals surface area contributed by atoms with Crippen molar-refractivity contribution >= 4 is 0 Å². The molecule has 2 unspecified atom stereocenters. The van der Waals surface area contributed by atoms with Crippen molar-refractivity contribution in [1.82, 2.24) is 10.2 Å². The maximum atomic E-state index is 3.75. The molecule has 2 atom stereocenters. The van der Waals surface area contributed by atoms with E-state index in [1.807, 2.05) is 0 Å². The van der Waals surface area contributed by atoms with Crippen molar-refractivity contribution in [2.24, 2.45) is 11.8 Å². The van der Waals surface area contributed by atoms with E-state index >= 15 is 0 Å². The Morgan fingerprint density at radius 1 is 1.00 bits per heavy atom. The molecule has 0 aromatic heterocycles. The lowest BCUT2D eigenvalue weighted by molar-refractivity contribution is 0.136. The summed E-state index contributed by atoms with van der Waals surface area (Å²) in [6.45, 7) is 10.0. The van der Waals surface area contributed by atoms with Gasteiger partial charge in [-0.15, -0.1) is 0 Å². The number of hydrogen-bond donors (Lipinski definition) is 1. The molecule has 1 aliphatic carbocycles. The second-order valence-corrected chi connectivity index (χ2v) is 6.69. The van der Waals surface area contributed by atoms with Gasteiger partial charge in [-0.3, -0.25) is 0 Å². The smallest absolute Gasteiger partial charge is 0.00670 e. The topological polar surface area (TPSA) is 15.3 Å². The van der Waals surface area contributed by atoms with Gasteiger partial charge in [-0.2, -0.15) is 0 Å². The summed E-state index contributed by atoms with van der Waals surface area (Å²) in [5, 5.41) is 3.75. The zero-order valence-corrected chi connectivity index (χ0v) is 12.5. The second-order valence-electron chi connectivity index (χ2n) is 6.69. The fraction of sp³-hybridized carbons (Fsp3) is 1.00. The molecule has 1 heterocycles. The largest absolute Gasteiger partial charge is 0.314 e. The molecule has 2 heteroatoms. The molecule has 0 aromatic rings. The highest BCUT2D eigenvalue weighted by molar-refractivity contribution is 4.76. The van der Waals surface area contributed by atoms with E-state index in [1.54, 1.807) is 0 Å². The molecular formula is C16H32N2. The van der Waals surface area contributed by atoms with Gasteiger partial charge in [-0.05, 0) is 57.2 Å². The van der Waals surface area contributed by atoms with Gasteiger partial charge in [0.1, 0.15) is 0 Å². The van der Waals surface area contributed by atoms with Crippen LogP contribution in [-0.2, 0) is 0 Å². The Hall–Kier alpha value is -0.0800. The minimum atomic E-state index is 0.832. The maximum Gasteiger partial charge on any atom is 0.00670 e. The third-order valence-corrected chi connectivity index (χ3v) is 5.11. The molecule has 1 aliphatic heterocycles. The molecule has 1 N–H and O–H groups in total. The highest BCUT2D eigenvalue weighted by Crippen LogP contribution is 2.22. The van der Waals surface area contributed by atoms with Crippen LogP contribution in [0, 0.1) is 11.8 Å². The summed E-state index contributed by atoms with van der Waals surface area (Å²) in [6, 6.07) is 0.832. The first kappa shape index (κ1) is 14.3. The fourth-order valence-corrected chi connectivity index (χ4v) is 3.47. The summed E-state index contributed by atoms with van der Waals surface area (Å²) < 4.78 is 0. The first-order valence-corrected chi connectivity index (χ1v) is 8.21. The average molecular weight is 252 g/mol. The number of nitrogens with one attached hydrogen (secondary N) is 1. The lowest BCUT2D eigenvalue weighted by Crippen LogP contribution is -2.40. The first-order chi connectivity index (χ1) is 8.75. The Morgan fingerprint density at radius 2 is 1.78 bits per heavy atom. The van der Waals surface area contributed by atoms with Crippen molar-refractivity contribution in [2.75, 3.05) is 26.2 Å². The molecular weight excluding hydrogens is 220 g/mol. The summed E-state index contributed by atoms with van der Waals surface area (Å²) in [4.78, 5) is 2.67. The Bertz CT molecular complexity index is 223. The van der Waals surface area contributed by atoms with Gasteiger partial charge in [-0.25, -0.2) is 0 Å². The Kier molecular flexibility index (Phi) is 5.97. The van der Waals surface area contributed by atoms with E-state index in [0.29, 0.717) is 0 Å². The molecule has 0 spiro atoms. The number of nitrogens with zero attached hydrogens (tertiary/aromatic N) is 1. The number of piperidine rings is 1. The van der Waals surface area contributed by atoms with Gasteiger partial charge >= 0.3 is 0 Å². The molecule has 0 bridgehead atoms. The highest BCUT2D eigenvalue weighted by Gasteiger charge is 2.22. The summed E-state index contributed by atoms with van der Waals surface area (Å²) in [7, 11) is 0. The van der Waals surface area contributed by atoms with Crippen molar-refractivity contribution < 1.29 is 0 Å². The van der Waals surface area contributed by atoms with Crippen molar-refractivity contribution in [3.63, 3.8) is 0 Å². The molecule has 2 rings (SSSR count). The van der Waals surface area contributed by atoms with Gasteiger partial charge in [0.05, 0.1) is 0 Å². The normalized spacial score (nSPS) is 31.7. The second kappa shape index (κ2) is 7.49. The SMILES string of the molecule is CC1CCN(CCCNC2CCCCC2)CC1C. The van der Waals surface area contributed by atoms with Crippen molar-refractivity contribution in [3.05, 3.63) is 0 Å². The Balaban J connectivity index is 1.52. The standard InChI is InChI=1S/C16H32N2/c1-14-9-12-18(13-15(14)2)11-6-10-17-16-7-4-3-5-8-16/h14-17H,3-13H2,1-2H3. The monoisotopic (exact) mass is 252 g/mol. The lowest BCUT2D eigenvalue weighted by Gasteiger charge is -2.35. The molecule has 2 fully saturated rings. The third kappa shape index (κ3) is 4.55. The molecule has 1 saturated heterocycles. The van der Waals surface area contributed by atoms with Gasteiger partial charge in [0.15, 0.2) is 0 Å². The van der Waals surface area contributed by atoms with Crippen LogP contribution < -0.4 is 5.32 Å². The van der Waals surface area contributed by atoms with Crippen LogP contribution in [0.5, 0.6) is 0 Å². The van der Waals surface area contributed by atoms with Crippen molar-refractivity contribution in [3.8, 4) is 0 Å².